The smallest absolute Gasteiger partial charge is 0.174 e. The van der Waals surface area contributed by atoms with E-state index in [4.69, 9.17) is 15.5 Å². The van der Waals surface area contributed by atoms with Gasteiger partial charge >= 0.3 is 0 Å². The number of hydrogen-bond acceptors (Lipinski definition) is 4. The Morgan fingerprint density at radius 1 is 1.54 bits per heavy atom. The predicted molar refractivity (Wildman–Crippen MR) is 46.4 cm³/mol. The van der Waals surface area contributed by atoms with Gasteiger partial charge < -0.3 is 4.74 Å². The van der Waals surface area contributed by atoms with E-state index in [0.717, 1.165) is 5.56 Å². The van der Waals surface area contributed by atoms with Crippen LogP contribution in [0.2, 0.25) is 0 Å². The Morgan fingerprint density at radius 3 is 3.08 bits per heavy atom. The molecule has 4 heteroatoms. The van der Waals surface area contributed by atoms with Crippen LogP contribution in [0.15, 0.2) is 29.4 Å². The molecule has 0 bridgehead atoms. The first-order valence-electron chi connectivity index (χ1n) is 3.78. The van der Waals surface area contributed by atoms with Gasteiger partial charge in [0.15, 0.2) is 6.61 Å². The fraction of sp³-hybridized carbons (Fsp3) is 0.222. The van der Waals surface area contributed by atoms with Crippen molar-refractivity contribution in [1.29, 1.82) is 10.8 Å². The van der Waals surface area contributed by atoms with Crippen molar-refractivity contribution in [2.45, 2.75) is 6.54 Å². The fourth-order valence-electron chi connectivity index (χ4n) is 0.941. The van der Waals surface area contributed by atoms with Crippen molar-refractivity contribution in [3.63, 3.8) is 0 Å². The molecule has 1 rings (SSSR count). The minimum absolute atomic E-state index is 0.0431. The minimum atomic E-state index is 0.0431. The third-order valence-electron chi connectivity index (χ3n) is 1.46. The number of ether oxygens (including phenoxy) is 1. The van der Waals surface area contributed by atoms with E-state index in [0.29, 0.717) is 12.3 Å². The molecule has 0 heterocycles. The van der Waals surface area contributed by atoms with Gasteiger partial charge in [0, 0.05) is 0 Å². The number of nitrogens with zero attached hydrogens (tertiary/aromatic N) is 2. The highest BCUT2D eigenvalue weighted by atomic mass is 16.5. The average molecular weight is 175 g/mol. The van der Waals surface area contributed by atoms with Gasteiger partial charge in [0.2, 0.25) is 0 Å². The van der Waals surface area contributed by atoms with Crippen molar-refractivity contribution in [2.75, 3.05) is 6.61 Å². The van der Waals surface area contributed by atoms with E-state index >= 15 is 0 Å². The standard InChI is InChI=1S/C9H9N3O/c10-4-5-13-9-3-1-2-8(6-9)7-12-11/h1-3,6,11H,5,7H2. The molecule has 1 aromatic carbocycles. The second-order valence-corrected chi connectivity index (χ2v) is 2.41. The van der Waals surface area contributed by atoms with E-state index in [9.17, 15) is 0 Å². The van der Waals surface area contributed by atoms with Crippen molar-refractivity contribution < 1.29 is 4.74 Å². The number of rotatable bonds is 4. The van der Waals surface area contributed by atoms with E-state index in [2.05, 4.69) is 5.11 Å². The topological polar surface area (TPSA) is 69.2 Å². The number of benzene rings is 1. The Morgan fingerprint density at radius 2 is 2.38 bits per heavy atom. The highest BCUT2D eigenvalue weighted by molar-refractivity contribution is 5.28. The molecule has 66 valence electrons. The van der Waals surface area contributed by atoms with E-state index in [1.54, 1.807) is 12.1 Å². The van der Waals surface area contributed by atoms with E-state index < -0.39 is 0 Å². The highest BCUT2D eigenvalue weighted by Gasteiger charge is 1.95. The SMILES string of the molecule is N#CCOc1cccc(CN=N)c1. The summed E-state index contributed by atoms with van der Waals surface area (Å²) in [6.07, 6.45) is 0. The quantitative estimate of drug-likeness (QED) is 0.712. The molecule has 0 atom stereocenters. The number of nitrogens with one attached hydrogen (secondary N) is 1. The lowest BCUT2D eigenvalue weighted by Gasteiger charge is -2.02. The van der Waals surface area contributed by atoms with Crippen LogP contribution in [0.1, 0.15) is 5.56 Å². The molecule has 0 fully saturated rings. The van der Waals surface area contributed by atoms with Crippen LogP contribution < -0.4 is 4.74 Å². The van der Waals surface area contributed by atoms with Crippen LogP contribution in [0.4, 0.5) is 0 Å². The van der Waals surface area contributed by atoms with Crippen LogP contribution in [0, 0.1) is 16.9 Å². The van der Waals surface area contributed by atoms with E-state index in [-0.39, 0.29) is 6.61 Å². The third kappa shape index (κ3) is 2.91. The van der Waals surface area contributed by atoms with Gasteiger partial charge in [-0.1, -0.05) is 12.1 Å². The molecule has 0 saturated carbocycles. The summed E-state index contributed by atoms with van der Waals surface area (Å²) in [7, 11) is 0. The van der Waals surface area contributed by atoms with Crippen molar-refractivity contribution in [3.05, 3.63) is 29.8 Å². The zero-order chi connectivity index (χ0) is 9.52. The van der Waals surface area contributed by atoms with Gasteiger partial charge in [-0.05, 0) is 17.7 Å². The maximum Gasteiger partial charge on any atom is 0.174 e. The monoisotopic (exact) mass is 175 g/mol. The first-order valence-corrected chi connectivity index (χ1v) is 3.78. The summed E-state index contributed by atoms with van der Waals surface area (Å²) < 4.78 is 5.08. The van der Waals surface area contributed by atoms with Crippen molar-refractivity contribution in [3.8, 4) is 11.8 Å². The Labute approximate surface area is 76.3 Å². The molecule has 0 aliphatic rings. The number of nitriles is 1. The Hall–Kier alpha value is -1.89. The molecule has 0 saturated heterocycles. The lowest BCUT2D eigenvalue weighted by molar-refractivity contribution is 0.368. The summed E-state index contributed by atoms with van der Waals surface area (Å²) >= 11 is 0. The average Bonchev–Trinajstić information content (AvgIpc) is 2.16. The van der Waals surface area contributed by atoms with Gasteiger partial charge in [0.1, 0.15) is 11.8 Å². The summed E-state index contributed by atoms with van der Waals surface area (Å²) in [5.41, 5.74) is 7.59. The molecule has 0 aromatic heterocycles. The van der Waals surface area contributed by atoms with Gasteiger partial charge in [-0.2, -0.15) is 10.4 Å². The maximum absolute atomic E-state index is 8.28. The van der Waals surface area contributed by atoms with Crippen molar-refractivity contribution >= 4 is 0 Å². The molecular formula is C9H9N3O. The summed E-state index contributed by atoms with van der Waals surface area (Å²) in [5, 5.41) is 11.5. The first kappa shape index (κ1) is 9.20. The normalized spacial score (nSPS) is 8.85. The fourth-order valence-corrected chi connectivity index (χ4v) is 0.941. The van der Waals surface area contributed by atoms with Crippen molar-refractivity contribution in [1.82, 2.24) is 0 Å². The van der Waals surface area contributed by atoms with Crippen LogP contribution in [0.5, 0.6) is 5.75 Å². The molecule has 0 radical (unpaired) electrons. The molecule has 1 aromatic rings. The Balaban J connectivity index is 2.68. The van der Waals surface area contributed by atoms with E-state index in [1.165, 1.54) is 0 Å². The largest absolute Gasteiger partial charge is 0.479 e. The molecule has 0 aliphatic carbocycles. The van der Waals surface area contributed by atoms with Crippen LogP contribution in [0.3, 0.4) is 0 Å². The zero-order valence-electron chi connectivity index (χ0n) is 7.03. The first-order chi connectivity index (χ1) is 6.36. The predicted octanol–water partition coefficient (Wildman–Crippen LogP) is 2.12. The third-order valence-corrected chi connectivity index (χ3v) is 1.46. The lowest BCUT2D eigenvalue weighted by Crippen LogP contribution is -1.93. The lowest BCUT2D eigenvalue weighted by atomic mass is 10.2. The summed E-state index contributed by atoms with van der Waals surface area (Å²) in [4.78, 5) is 0. The zero-order valence-corrected chi connectivity index (χ0v) is 7.03. The second-order valence-electron chi connectivity index (χ2n) is 2.41. The molecular weight excluding hydrogens is 166 g/mol. The van der Waals surface area contributed by atoms with E-state index in [1.807, 2.05) is 18.2 Å². The molecule has 0 spiro atoms. The van der Waals surface area contributed by atoms with Crippen molar-refractivity contribution in [2.24, 2.45) is 5.11 Å². The van der Waals surface area contributed by atoms with Crippen LogP contribution in [0.25, 0.3) is 0 Å². The Kier molecular flexibility index (Phi) is 3.45. The molecule has 0 amide bonds. The number of hydrogen-bond donors (Lipinski definition) is 1. The molecule has 1 N–H and O–H groups in total. The van der Waals surface area contributed by atoms with Gasteiger partial charge in [-0.15, -0.1) is 0 Å². The summed E-state index contributed by atoms with van der Waals surface area (Å²) in [6.45, 7) is 0.394. The van der Waals surface area contributed by atoms with Gasteiger partial charge in [-0.25, -0.2) is 5.53 Å². The van der Waals surface area contributed by atoms with Gasteiger partial charge in [0.25, 0.3) is 0 Å². The summed E-state index contributed by atoms with van der Waals surface area (Å²) in [6, 6.07) is 9.10. The van der Waals surface area contributed by atoms with Crippen LogP contribution in [-0.2, 0) is 6.54 Å². The second kappa shape index (κ2) is 4.88. The minimum Gasteiger partial charge on any atom is -0.479 e. The summed E-state index contributed by atoms with van der Waals surface area (Å²) in [5.74, 6) is 0.641. The van der Waals surface area contributed by atoms with Gasteiger partial charge in [0.05, 0.1) is 6.54 Å². The van der Waals surface area contributed by atoms with Crippen LogP contribution in [-0.4, -0.2) is 6.61 Å². The van der Waals surface area contributed by atoms with Crippen LogP contribution >= 0.6 is 0 Å². The molecule has 13 heavy (non-hydrogen) atoms. The maximum atomic E-state index is 8.28. The molecule has 0 aliphatic heterocycles. The highest BCUT2D eigenvalue weighted by Crippen LogP contribution is 2.13. The molecule has 0 unspecified atom stereocenters. The Bertz CT molecular complexity index is 330. The van der Waals surface area contributed by atoms with Gasteiger partial charge in [-0.3, -0.25) is 0 Å². The molecule has 4 nitrogen and oxygen atoms in total.